The van der Waals surface area contributed by atoms with Gasteiger partial charge in [-0.2, -0.15) is 0 Å². The van der Waals surface area contributed by atoms with Gasteiger partial charge in [-0.3, -0.25) is 0 Å². The van der Waals surface area contributed by atoms with Gasteiger partial charge >= 0.3 is 0 Å². The summed E-state index contributed by atoms with van der Waals surface area (Å²) in [5.74, 6) is -1.65. The lowest BCUT2D eigenvalue weighted by molar-refractivity contribution is 0.0465. The highest BCUT2D eigenvalue weighted by Gasteiger charge is 2.20. The molecule has 0 saturated carbocycles. The van der Waals surface area contributed by atoms with Gasteiger partial charge in [0.2, 0.25) is 0 Å². The first-order chi connectivity index (χ1) is 7.70. The number of anilines is 1. The summed E-state index contributed by atoms with van der Waals surface area (Å²) in [7, 11) is 0. The quantitative estimate of drug-likeness (QED) is 0.824. The molecule has 1 aromatic rings. The van der Waals surface area contributed by atoms with Crippen molar-refractivity contribution < 1.29 is 13.5 Å². The second-order valence-corrected chi connectivity index (χ2v) is 3.77. The van der Waals surface area contributed by atoms with E-state index in [4.69, 9.17) is 10.5 Å². The number of morpholine rings is 1. The Kier molecular flexibility index (Phi) is 3.36. The van der Waals surface area contributed by atoms with E-state index in [2.05, 4.69) is 0 Å². The van der Waals surface area contributed by atoms with Crippen LogP contribution in [0.5, 0.6) is 0 Å². The lowest BCUT2D eigenvalue weighted by Gasteiger charge is -2.34. The van der Waals surface area contributed by atoms with Gasteiger partial charge in [0, 0.05) is 31.4 Å². The van der Waals surface area contributed by atoms with E-state index in [-0.39, 0.29) is 6.10 Å². The molecule has 0 amide bonds. The normalized spacial score (nSPS) is 21.2. The number of ether oxygens (including phenoxy) is 1. The Labute approximate surface area is 92.8 Å². The molecular weight excluding hydrogens is 214 g/mol. The van der Waals surface area contributed by atoms with Crippen LogP contribution in [0.15, 0.2) is 18.2 Å². The highest BCUT2D eigenvalue weighted by atomic mass is 19.2. The van der Waals surface area contributed by atoms with Crippen LogP contribution in [0.25, 0.3) is 0 Å². The largest absolute Gasteiger partial charge is 0.373 e. The molecule has 16 heavy (non-hydrogen) atoms. The fourth-order valence-corrected chi connectivity index (χ4v) is 1.78. The SMILES string of the molecule is NCC1CN(c2ccc(F)c(F)c2)CCO1. The predicted octanol–water partition coefficient (Wildman–Crippen LogP) is 1.13. The standard InChI is InChI=1S/C11H14F2N2O/c12-10-2-1-8(5-11(10)13)15-3-4-16-9(6-14)7-15/h1-2,5,9H,3-4,6-7,14H2. The van der Waals surface area contributed by atoms with E-state index in [1.54, 1.807) is 6.07 Å². The average molecular weight is 228 g/mol. The third kappa shape index (κ3) is 2.31. The monoisotopic (exact) mass is 228 g/mol. The summed E-state index contributed by atoms with van der Waals surface area (Å²) in [5.41, 5.74) is 6.18. The van der Waals surface area contributed by atoms with Crippen molar-refractivity contribution >= 4 is 5.69 Å². The summed E-state index contributed by atoms with van der Waals surface area (Å²) in [5, 5.41) is 0. The van der Waals surface area contributed by atoms with Crippen molar-refractivity contribution in [1.29, 1.82) is 0 Å². The van der Waals surface area contributed by atoms with Crippen LogP contribution in [0.2, 0.25) is 0 Å². The third-order valence-electron chi connectivity index (χ3n) is 2.67. The van der Waals surface area contributed by atoms with Gasteiger partial charge in [0.25, 0.3) is 0 Å². The molecule has 88 valence electrons. The second kappa shape index (κ2) is 4.76. The van der Waals surface area contributed by atoms with Crippen LogP contribution >= 0.6 is 0 Å². The molecule has 3 nitrogen and oxygen atoms in total. The molecule has 0 bridgehead atoms. The van der Waals surface area contributed by atoms with Crippen molar-refractivity contribution in [3.63, 3.8) is 0 Å². The van der Waals surface area contributed by atoms with E-state index in [9.17, 15) is 8.78 Å². The van der Waals surface area contributed by atoms with Gasteiger partial charge in [0.15, 0.2) is 11.6 Å². The molecule has 2 N–H and O–H groups in total. The smallest absolute Gasteiger partial charge is 0.160 e. The Morgan fingerprint density at radius 1 is 1.38 bits per heavy atom. The summed E-state index contributed by atoms with van der Waals surface area (Å²) in [6.07, 6.45) is -0.0399. The first-order valence-electron chi connectivity index (χ1n) is 5.22. The maximum atomic E-state index is 13.1. The molecule has 1 unspecified atom stereocenters. The maximum Gasteiger partial charge on any atom is 0.160 e. The molecule has 0 aromatic heterocycles. The van der Waals surface area contributed by atoms with E-state index in [1.165, 1.54) is 6.07 Å². The van der Waals surface area contributed by atoms with Crippen molar-refractivity contribution in [2.45, 2.75) is 6.10 Å². The van der Waals surface area contributed by atoms with Gasteiger partial charge in [0.1, 0.15) is 0 Å². The van der Waals surface area contributed by atoms with Gasteiger partial charge in [0.05, 0.1) is 12.7 Å². The van der Waals surface area contributed by atoms with E-state index in [0.717, 1.165) is 6.07 Å². The summed E-state index contributed by atoms with van der Waals surface area (Å²) in [6, 6.07) is 3.91. The molecule has 0 spiro atoms. The predicted molar refractivity (Wildman–Crippen MR) is 57.4 cm³/mol. The number of rotatable bonds is 2. The third-order valence-corrected chi connectivity index (χ3v) is 2.67. The molecule has 1 fully saturated rings. The molecule has 1 saturated heterocycles. The van der Waals surface area contributed by atoms with Crippen molar-refractivity contribution in [2.75, 3.05) is 31.1 Å². The van der Waals surface area contributed by atoms with Gasteiger partial charge in [-0.15, -0.1) is 0 Å². The lowest BCUT2D eigenvalue weighted by atomic mass is 10.2. The molecule has 1 atom stereocenters. The van der Waals surface area contributed by atoms with Crippen LogP contribution in [-0.2, 0) is 4.74 Å². The lowest BCUT2D eigenvalue weighted by Crippen LogP contribution is -2.45. The molecule has 5 heteroatoms. The van der Waals surface area contributed by atoms with Crippen molar-refractivity contribution in [3.05, 3.63) is 29.8 Å². The van der Waals surface area contributed by atoms with Crippen LogP contribution in [0.3, 0.4) is 0 Å². The van der Waals surface area contributed by atoms with Gasteiger partial charge < -0.3 is 15.4 Å². The average Bonchev–Trinajstić information content (AvgIpc) is 2.33. The van der Waals surface area contributed by atoms with Crippen LogP contribution < -0.4 is 10.6 Å². The zero-order chi connectivity index (χ0) is 11.5. The molecule has 0 radical (unpaired) electrons. The van der Waals surface area contributed by atoms with Gasteiger partial charge in [-0.1, -0.05) is 0 Å². The summed E-state index contributed by atoms with van der Waals surface area (Å²) in [4.78, 5) is 1.95. The second-order valence-electron chi connectivity index (χ2n) is 3.77. The Morgan fingerprint density at radius 3 is 2.88 bits per heavy atom. The molecular formula is C11H14F2N2O. The first kappa shape index (κ1) is 11.3. The molecule has 1 heterocycles. The van der Waals surface area contributed by atoms with E-state index >= 15 is 0 Å². The topological polar surface area (TPSA) is 38.5 Å². The Bertz CT molecular complexity index is 373. The van der Waals surface area contributed by atoms with Crippen LogP contribution in [0, 0.1) is 11.6 Å². The summed E-state index contributed by atoms with van der Waals surface area (Å²) >= 11 is 0. The Balaban J connectivity index is 2.13. The highest BCUT2D eigenvalue weighted by Crippen LogP contribution is 2.20. The zero-order valence-corrected chi connectivity index (χ0v) is 8.83. The van der Waals surface area contributed by atoms with E-state index < -0.39 is 11.6 Å². The fourth-order valence-electron chi connectivity index (χ4n) is 1.78. The minimum atomic E-state index is -0.826. The number of hydrogen-bond acceptors (Lipinski definition) is 3. The van der Waals surface area contributed by atoms with Crippen molar-refractivity contribution in [3.8, 4) is 0 Å². The fraction of sp³-hybridized carbons (Fsp3) is 0.455. The number of nitrogens with two attached hydrogens (primary N) is 1. The minimum absolute atomic E-state index is 0.0399. The zero-order valence-electron chi connectivity index (χ0n) is 8.83. The van der Waals surface area contributed by atoms with Crippen LogP contribution in [-0.4, -0.2) is 32.3 Å². The first-order valence-corrected chi connectivity index (χ1v) is 5.22. The number of halogens is 2. The van der Waals surface area contributed by atoms with Crippen molar-refractivity contribution in [1.82, 2.24) is 0 Å². The number of nitrogens with zero attached hydrogens (tertiary/aromatic N) is 1. The molecule has 1 aromatic carbocycles. The van der Waals surface area contributed by atoms with Crippen molar-refractivity contribution in [2.24, 2.45) is 5.73 Å². The Hall–Kier alpha value is -1.20. The minimum Gasteiger partial charge on any atom is -0.373 e. The van der Waals surface area contributed by atoms with E-state index in [1.807, 2.05) is 4.90 Å². The molecule has 1 aliphatic heterocycles. The van der Waals surface area contributed by atoms with Crippen LogP contribution in [0.1, 0.15) is 0 Å². The molecule has 0 aliphatic carbocycles. The van der Waals surface area contributed by atoms with E-state index in [0.29, 0.717) is 31.9 Å². The summed E-state index contributed by atoms with van der Waals surface area (Å²) < 4.78 is 31.2. The molecule has 2 rings (SSSR count). The molecule has 1 aliphatic rings. The Morgan fingerprint density at radius 2 is 2.19 bits per heavy atom. The van der Waals surface area contributed by atoms with Gasteiger partial charge in [-0.05, 0) is 12.1 Å². The number of hydrogen-bond donors (Lipinski definition) is 1. The summed E-state index contributed by atoms with van der Waals surface area (Å²) in [6.45, 7) is 2.27. The van der Waals surface area contributed by atoms with Crippen LogP contribution in [0.4, 0.5) is 14.5 Å². The van der Waals surface area contributed by atoms with Gasteiger partial charge in [-0.25, -0.2) is 8.78 Å². The highest BCUT2D eigenvalue weighted by molar-refractivity contribution is 5.47. The maximum absolute atomic E-state index is 13.1. The number of benzene rings is 1.